The number of hydrogen-bond donors (Lipinski definition) is 2. The summed E-state index contributed by atoms with van der Waals surface area (Å²) < 4.78 is 0. The van der Waals surface area contributed by atoms with Gasteiger partial charge in [-0.1, -0.05) is 48.5 Å². The van der Waals surface area contributed by atoms with Crippen molar-refractivity contribution in [2.24, 2.45) is 0 Å². The Hall–Kier alpha value is -2.99. The Bertz CT molecular complexity index is 803. The second kappa shape index (κ2) is 8.21. The Morgan fingerprint density at radius 2 is 1.76 bits per heavy atom. The number of aliphatic hydroxyl groups excluding tert-OH is 1. The van der Waals surface area contributed by atoms with Crippen molar-refractivity contribution in [2.75, 3.05) is 6.61 Å². The van der Waals surface area contributed by atoms with E-state index in [1.54, 1.807) is 0 Å². The van der Waals surface area contributed by atoms with E-state index in [4.69, 9.17) is 5.11 Å². The first kappa shape index (κ1) is 16.9. The number of amides is 1. The quantitative estimate of drug-likeness (QED) is 0.695. The minimum Gasteiger partial charge on any atom is -0.396 e. The van der Waals surface area contributed by atoms with Gasteiger partial charge in [-0.25, -0.2) is 0 Å². The molecular formula is C19H20N4O2. The molecule has 128 valence electrons. The van der Waals surface area contributed by atoms with Crippen LogP contribution >= 0.6 is 0 Å². The fourth-order valence-electron chi connectivity index (χ4n) is 2.59. The van der Waals surface area contributed by atoms with Crippen LogP contribution < -0.4 is 5.32 Å². The third-order valence-corrected chi connectivity index (χ3v) is 3.87. The van der Waals surface area contributed by atoms with Gasteiger partial charge in [0.05, 0.1) is 17.9 Å². The van der Waals surface area contributed by atoms with Gasteiger partial charge >= 0.3 is 0 Å². The number of benzene rings is 2. The van der Waals surface area contributed by atoms with E-state index in [1.165, 1.54) is 11.0 Å². The van der Waals surface area contributed by atoms with Crippen LogP contribution in [0.25, 0.3) is 5.69 Å². The summed E-state index contributed by atoms with van der Waals surface area (Å²) in [6.45, 7) is 0.0867. The lowest BCUT2D eigenvalue weighted by atomic mass is 10.0. The molecule has 1 amide bonds. The Labute approximate surface area is 146 Å². The number of carbonyl (C=O) groups is 1. The van der Waals surface area contributed by atoms with Crippen LogP contribution in [0.4, 0.5) is 0 Å². The monoisotopic (exact) mass is 336 g/mol. The van der Waals surface area contributed by atoms with E-state index in [9.17, 15) is 4.79 Å². The van der Waals surface area contributed by atoms with Gasteiger partial charge in [0, 0.05) is 6.61 Å². The van der Waals surface area contributed by atoms with Crippen LogP contribution in [0.15, 0.2) is 66.9 Å². The van der Waals surface area contributed by atoms with Gasteiger partial charge in [-0.05, 0) is 30.5 Å². The molecule has 2 N–H and O–H groups in total. The second-order valence-electron chi connectivity index (χ2n) is 5.66. The number of hydrogen-bond acceptors (Lipinski definition) is 4. The third-order valence-electron chi connectivity index (χ3n) is 3.87. The van der Waals surface area contributed by atoms with E-state index >= 15 is 0 Å². The minimum atomic E-state index is -0.283. The summed E-state index contributed by atoms with van der Waals surface area (Å²) in [6, 6.07) is 19.0. The van der Waals surface area contributed by atoms with Crippen molar-refractivity contribution >= 4 is 5.91 Å². The highest BCUT2D eigenvalue weighted by atomic mass is 16.3. The first-order valence-electron chi connectivity index (χ1n) is 8.22. The molecule has 1 unspecified atom stereocenters. The Morgan fingerprint density at radius 1 is 1.08 bits per heavy atom. The van der Waals surface area contributed by atoms with Crippen LogP contribution in [-0.4, -0.2) is 32.6 Å². The molecule has 0 saturated carbocycles. The van der Waals surface area contributed by atoms with E-state index in [1.807, 2.05) is 60.7 Å². The van der Waals surface area contributed by atoms with Gasteiger partial charge in [0.1, 0.15) is 0 Å². The first-order valence-corrected chi connectivity index (χ1v) is 8.22. The SMILES string of the molecule is O=C(NC(CCCO)c1ccccc1)c1cnn(-c2ccccc2)n1. The zero-order valence-electron chi connectivity index (χ0n) is 13.7. The number of para-hydroxylation sites is 1. The molecule has 1 heterocycles. The molecule has 1 aromatic heterocycles. The average molecular weight is 336 g/mol. The van der Waals surface area contributed by atoms with Crippen LogP contribution in [0.5, 0.6) is 0 Å². The maximum atomic E-state index is 12.5. The Morgan fingerprint density at radius 3 is 2.44 bits per heavy atom. The molecule has 3 aromatic rings. The molecule has 0 fully saturated rings. The van der Waals surface area contributed by atoms with Crippen molar-refractivity contribution in [3.8, 4) is 5.69 Å². The molecule has 0 radical (unpaired) electrons. The fourth-order valence-corrected chi connectivity index (χ4v) is 2.59. The van der Waals surface area contributed by atoms with E-state index in [0.717, 1.165) is 11.3 Å². The van der Waals surface area contributed by atoms with Crippen molar-refractivity contribution in [2.45, 2.75) is 18.9 Å². The second-order valence-corrected chi connectivity index (χ2v) is 5.66. The normalized spacial score (nSPS) is 11.9. The average Bonchev–Trinajstić information content (AvgIpc) is 3.17. The molecule has 0 spiro atoms. The van der Waals surface area contributed by atoms with Gasteiger partial charge in [-0.15, -0.1) is 5.10 Å². The molecule has 0 aliphatic carbocycles. The van der Waals surface area contributed by atoms with Crippen LogP contribution in [0, 0.1) is 0 Å². The van der Waals surface area contributed by atoms with E-state index < -0.39 is 0 Å². The summed E-state index contributed by atoms with van der Waals surface area (Å²) in [6.07, 6.45) is 2.71. The molecule has 2 aromatic carbocycles. The van der Waals surface area contributed by atoms with Crippen molar-refractivity contribution in [3.63, 3.8) is 0 Å². The van der Waals surface area contributed by atoms with Crippen LogP contribution in [0.2, 0.25) is 0 Å². The first-order chi connectivity index (χ1) is 12.3. The Balaban J connectivity index is 1.74. The summed E-state index contributed by atoms with van der Waals surface area (Å²) in [5.41, 5.74) is 2.05. The molecule has 0 saturated heterocycles. The topological polar surface area (TPSA) is 80.0 Å². The zero-order valence-corrected chi connectivity index (χ0v) is 13.7. The minimum absolute atomic E-state index is 0.0867. The lowest BCUT2D eigenvalue weighted by Crippen LogP contribution is -2.29. The van der Waals surface area contributed by atoms with Gasteiger partial charge in [0.25, 0.3) is 5.91 Å². The van der Waals surface area contributed by atoms with Gasteiger partial charge in [-0.3, -0.25) is 4.79 Å². The molecule has 6 nitrogen and oxygen atoms in total. The van der Waals surface area contributed by atoms with Gasteiger partial charge in [0.15, 0.2) is 5.69 Å². The van der Waals surface area contributed by atoms with Crippen LogP contribution in [0.1, 0.15) is 34.9 Å². The molecule has 6 heteroatoms. The van der Waals surface area contributed by atoms with E-state index in [0.29, 0.717) is 12.8 Å². The fraction of sp³-hybridized carbons (Fsp3) is 0.211. The van der Waals surface area contributed by atoms with Crippen molar-refractivity contribution in [1.82, 2.24) is 20.3 Å². The van der Waals surface area contributed by atoms with Crippen LogP contribution in [-0.2, 0) is 0 Å². The highest BCUT2D eigenvalue weighted by molar-refractivity contribution is 5.92. The number of nitrogens with zero attached hydrogens (tertiary/aromatic N) is 3. The Kier molecular flexibility index (Phi) is 5.53. The van der Waals surface area contributed by atoms with Crippen molar-refractivity contribution in [3.05, 3.63) is 78.1 Å². The summed E-state index contributed by atoms with van der Waals surface area (Å²) in [4.78, 5) is 14.0. The highest BCUT2D eigenvalue weighted by Crippen LogP contribution is 2.18. The molecule has 3 rings (SSSR count). The number of aliphatic hydroxyl groups is 1. The molecule has 0 aliphatic rings. The third kappa shape index (κ3) is 4.30. The summed E-state index contributed by atoms with van der Waals surface area (Å²) in [7, 11) is 0. The van der Waals surface area contributed by atoms with Crippen molar-refractivity contribution < 1.29 is 9.90 Å². The lowest BCUT2D eigenvalue weighted by molar-refractivity contribution is 0.0927. The largest absolute Gasteiger partial charge is 0.396 e. The van der Waals surface area contributed by atoms with Gasteiger partial charge in [0.2, 0.25) is 0 Å². The molecule has 0 bridgehead atoms. The number of rotatable bonds is 7. The maximum absolute atomic E-state index is 12.5. The molecule has 1 atom stereocenters. The molecule has 25 heavy (non-hydrogen) atoms. The van der Waals surface area contributed by atoms with Gasteiger partial charge < -0.3 is 10.4 Å². The summed E-state index contributed by atoms with van der Waals surface area (Å²) in [5, 5.41) is 20.5. The lowest BCUT2D eigenvalue weighted by Gasteiger charge is -2.18. The van der Waals surface area contributed by atoms with Crippen LogP contribution in [0.3, 0.4) is 0 Å². The molecular weight excluding hydrogens is 316 g/mol. The highest BCUT2D eigenvalue weighted by Gasteiger charge is 2.18. The van der Waals surface area contributed by atoms with E-state index in [-0.39, 0.29) is 24.2 Å². The number of carbonyl (C=O) groups excluding carboxylic acids is 1. The predicted molar refractivity (Wildman–Crippen MR) is 94.3 cm³/mol. The number of nitrogens with one attached hydrogen (secondary N) is 1. The maximum Gasteiger partial charge on any atom is 0.273 e. The van der Waals surface area contributed by atoms with E-state index in [2.05, 4.69) is 15.5 Å². The standard InChI is InChI=1S/C19H20N4O2/c24-13-7-12-17(15-8-3-1-4-9-15)21-19(25)18-14-20-23(22-18)16-10-5-2-6-11-16/h1-6,8-11,14,17,24H,7,12-13H2,(H,21,25). The van der Waals surface area contributed by atoms with Gasteiger partial charge in [-0.2, -0.15) is 9.90 Å². The smallest absolute Gasteiger partial charge is 0.273 e. The molecule has 0 aliphatic heterocycles. The summed E-state index contributed by atoms with van der Waals surface area (Å²) in [5.74, 6) is -0.283. The van der Waals surface area contributed by atoms with Crippen molar-refractivity contribution in [1.29, 1.82) is 0 Å². The predicted octanol–water partition coefficient (Wildman–Crippen LogP) is 2.51. The number of aromatic nitrogens is 3. The zero-order chi connectivity index (χ0) is 17.5. The summed E-state index contributed by atoms with van der Waals surface area (Å²) >= 11 is 0.